The number of aryl methyl sites for hydroxylation is 1. The molecule has 0 fully saturated rings. The monoisotopic (exact) mass is 402 g/mol. The van der Waals surface area contributed by atoms with E-state index in [0.717, 1.165) is 12.1 Å². The Balaban J connectivity index is 1.82. The maximum Gasteiger partial charge on any atom is 0.573 e. The maximum absolute atomic E-state index is 12.5. The molecule has 4 aromatic rings. The molecule has 6 nitrogen and oxygen atoms in total. The molecule has 0 atom stereocenters. The molecular weight excluding hydrogens is 389 g/mol. The van der Waals surface area contributed by atoms with Gasteiger partial charge in [0, 0.05) is 29.1 Å². The van der Waals surface area contributed by atoms with Gasteiger partial charge in [-0.25, -0.2) is 4.79 Å². The van der Waals surface area contributed by atoms with Gasteiger partial charge in [0.15, 0.2) is 5.58 Å². The number of rotatable bonds is 3. The summed E-state index contributed by atoms with van der Waals surface area (Å²) in [6.07, 6.45) is -3.24. The van der Waals surface area contributed by atoms with Gasteiger partial charge in [0.1, 0.15) is 5.75 Å². The lowest BCUT2D eigenvalue weighted by Crippen LogP contribution is -2.19. The van der Waals surface area contributed by atoms with Gasteiger partial charge < -0.3 is 9.15 Å². The van der Waals surface area contributed by atoms with Gasteiger partial charge in [0.2, 0.25) is 0 Å². The summed E-state index contributed by atoms with van der Waals surface area (Å²) in [5.41, 5.74) is 2.74. The van der Waals surface area contributed by atoms with E-state index in [9.17, 15) is 22.8 Å². The quantitative estimate of drug-likeness (QED) is 0.559. The van der Waals surface area contributed by atoms with Crippen LogP contribution in [0.25, 0.3) is 27.9 Å². The topological polar surface area (TPSA) is 77.2 Å². The number of pyridine rings is 1. The first-order valence-corrected chi connectivity index (χ1v) is 8.43. The van der Waals surface area contributed by atoms with Gasteiger partial charge in [0.05, 0.1) is 5.52 Å². The number of H-pyrrole nitrogens is 1. The van der Waals surface area contributed by atoms with E-state index in [2.05, 4.69) is 9.72 Å². The third-order valence-electron chi connectivity index (χ3n) is 4.35. The molecule has 0 aliphatic heterocycles. The highest BCUT2D eigenvalue weighted by Crippen LogP contribution is 2.30. The van der Waals surface area contributed by atoms with E-state index in [-0.39, 0.29) is 11.3 Å². The molecule has 2 heterocycles. The van der Waals surface area contributed by atoms with Crippen molar-refractivity contribution in [3.05, 3.63) is 81.2 Å². The fraction of sp³-hybridized carbons (Fsp3) is 0.100. The summed E-state index contributed by atoms with van der Waals surface area (Å²) in [7, 11) is 0. The molecule has 2 aromatic carbocycles. The Morgan fingerprint density at radius 2 is 1.76 bits per heavy atom. The van der Waals surface area contributed by atoms with Crippen LogP contribution in [0.1, 0.15) is 5.56 Å². The maximum atomic E-state index is 12.5. The SMILES string of the molecule is Cc1cc(=O)n(-c2ccc(OC(F)(F)F)cc2)cc1-c1cccc2[nH]c(=O)oc12. The van der Waals surface area contributed by atoms with Gasteiger partial charge in [-0.3, -0.25) is 14.3 Å². The number of nitrogens with zero attached hydrogens (tertiary/aromatic N) is 1. The summed E-state index contributed by atoms with van der Waals surface area (Å²) in [4.78, 5) is 26.6. The van der Waals surface area contributed by atoms with Crippen LogP contribution in [0.2, 0.25) is 0 Å². The van der Waals surface area contributed by atoms with Crippen LogP contribution in [0.5, 0.6) is 5.75 Å². The first kappa shape index (κ1) is 18.6. The molecule has 0 unspecified atom stereocenters. The molecule has 148 valence electrons. The minimum Gasteiger partial charge on any atom is -0.407 e. The zero-order chi connectivity index (χ0) is 20.8. The molecule has 0 aliphatic carbocycles. The average Bonchev–Trinajstić information content (AvgIpc) is 3.02. The standard InChI is InChI=1S/C20H13F3N2O4/c1-11-9-17(26)25(12-5-7-13(8-6-12)29-20(21,22)23)10-15(11)14-3-2-4-16-18(14)28-19(27)24-16/h2-10H,1H3,(H,24,27). The van der Waals surface area contributed by atoms with Crippen molar-refractivity contribution in [2.45, 2.75) is 13.3 Å². The van der Waals surface area contributed by atoms with Gasteiger partial charge in [0.25, 0.3) is 5.56 Å². The van der Waals surface area contributed by atoms with Crippen molar-refractivity contribution in [1.29, 1.82) is 0 Å². The summed E-state index contributed by atoms with van der Waals surface area (Å²) < 4.78 is 47.4. The molecule has 9 heteroatoms. The zero-order valence-corrected chi connectivity index (χ0v) is 14.9. The number of hydrogen-bond acceptors (Lipinski definition) is 4. The average molecular weight is 402 g/mol. The fourth-order valence-corrected chi connectivity index (χ4v) is 3.10. The number of aromatic amines is 1. The number of benzene rings is 2. The van der Waals surface area contributed by atoms with Gasteiger partial charge in [-0.1, -0.05) is 12.1 Å². The van der Waals surface area contributed by atoms with Crippen molar-refractivity contribution in [2.75, 3.05) is 0 Å². The molecule has 2 aromatic heterocycles. The van der Waals surface area contributed by atoms with Gasteiger partial charge in [-0.2, -0.15) is 0 Å². The number of oxazole rings is 1. The van der Waals surface area contributed by atoms with E-state index in [0.29, 0.717) is 33.5 Å². The van der Waals surface area contributed by atoms with Crippen LogP contribution in [0.3, 0.4) is 0 Å². The van der Waals surface area contributed by atoms with Crippen molar-refractivity contribution in [3.63, 3.8) is 0 Å². The summed E-state index contributed by atoms with van der Waals surface area (Å²) in [5, 5.41) is 0. The summed E-state index contributed by atoms with van der Waals surface area (Å²) in [6, 6.07) is 11.5. The Morgan fingerprint density at radius 1 is 1.03 bits per heavy atom. The largest absolute Gasteiger partial charge is 0.573 e. The van der Waals surface area contributed by atoms with Crippen LogP contribution >= 0.6 is 0 Å². The van der Waals surface area contributed by atoms with Crippen LogP contribution in [0.15, 0.2) is 68.7 Å². The van der Waals surface area contributed by atoms with Crippen molar-refractivity contribution < 1.29 is 22.3 Å². The Morgan fingerprint density at radius 3 is 2.45 bits per heavy atom. The second-order valence-corrected chi connectivity index (χ2v) is 6.32. The molecule has 0 amide bonds. The molecular formula is C20H13F3N2O4. The van der Waals surface area contributed by atoms with E-state index >= 15 is 0 Å². The van der Waals surface area contributed by atoms with Crippen molar-refractivity contribution >= 4 is 11.1 Å². The van der Waals surface area contributed by atoms with Gasteiger partial charge in [-0.05, 0) is 42.8 Å². The predicted octanol–water partition coefficient (Wildman–Crippen LogP) is 4.15. The number of para-hydroxylation sites is 1. The molecule has 1 N–H and O–H groups in total. The number of halogens is 3. The third kappa shape index (κ3) is 3.66. The molecule has 0 radical (unpaired) electrons. The van der Waals surface area contributed by atoms with Crippen LogP contribution in [0, 0.1) is 6.92 Å². The fourth-order valence-electron chi connectivity index (χ4n) is 3.10. The van der Waals surface area contributed by atoms with E-state index < -0.39 is 12.1 Å². The lowest BCUT2D eigenvalue weighted by atomic mass is 10.0. The number of nitrogens with one attached hydrogen (secondary N) is 1. The minimum absolute atomic E-state index is 0.347. The minimum atomic E-state index is -4.80. The Bertz CT molecular complexity index is 1310. The Hall–Kier alpha value is -3.75. The van der Waals surface area contributed by atoms with Crippen LogP contribution in [-0.2, 0) is 0 Å². The number of hydrogen-bond donors (Lipinski definition) is 1. The summed E-state index contributed by atoms with van der Waals surface area (Å²) in [6.45, 7) is 1.74. The second-order valence-electron chi connectivity index (χ2n) is 6.32. The number of ether oxygens (including phenoxy) is 1. The Labute approximate surface area is 160 Å². The number of fused-ring (bicyclic) bond motifs is 1. The first-order valence-electron chi connectivity index (χ1n) is 8.43. The van der Waals surface area contributed by atoms with Crippen molar-refractivity contribution in [1.82, 2.24) is 9.55 Å². The summed E-state index contributed by atoms with van der Waals surface area (Å²) >= 11 is 0. The molecule has 0 bridgehead atoms. The number of alkyl halides is 3. The van der Waals surface area contributed by atoms with Crippen LogP contribution < -0.4 is 16.1 Å². The normalized spacial score (nSPS) is 11.7. The Kier molecular flexibility index (Phi) is 4.30. The molecule has 0 aliphatic rings. The van der Waals surface area contributed by atoms with Crippen molar-refractivity contribution in [3.8, 4) is 22.6 Å². The first-order chi connectivity index (χ1) is 13.7. The molecule has 0 saturated carbocycles. The van der Waals surface area contributed by atoms with E-state index in [1.165, 1.54) is 22.8 Å². The highest BCUT2D eigenvalue weighted by molar-refractivity contribution is 5.90. The third-order valence-corrected chi connectivity index (χ3v) is 4.35. The number of aromatic nitrogens is 2. The van der Waals surface area contributed by atoms with Crippen molar-refractivity contribution in [2.24, 2.45) is 0 Å². The lowest BCUT2D eigenvalue weighted by molar-refractivity contribution is -0.274. The zero-order valence-electron chi connectivity index (χ0n) is 14.9. The van der Waals surface area contributed by atoms with Crippen LogP contribution in [0.4, 0.5) is 13.2 Å². The smallest absolute Gasteiger partial charge is 0.407 e. The highest BCUT2D eigenvalue weighted by atomic mass is 19.4. The second kappa shape index (κ2) is 6.69. The molecule has 0 spiro atoms. The molecule has 29 heavy (non-hydrogen) atoms. The van der Waals surface area contributed by atoms with Gasteiger partial charge >= 0.3 is 12.1 Å². The van der Waals surface area contributed by atoms with E-state index in [4.69, 9.17) is 4.42 Å². The molecule has 0 saturated heterocycles. The van der Waals surface area contributed by atoms with Crippen LogP contribution in [-0.4, -0.2) is 15.9 Å². The summed E-state index contributed by atoms with van der Waals surface area (Å²) in [5.74, 6) is -0.987. The van der Waals surface area contributed by atoms with E-state index in [1.54, 1.807) is 31.3 Å². The van der Waals surface area contributed by atoms with E-state index in [1.807, 2.05) is 0 Å². The predicted molar refractivity (Wildman–Crippen MR) is 99.3 cm³/mol. The molecule has 4 rings (SSSR count). The lowest BCUT2D eigenvalue weighted by Gasteiger charge is -2.13. The van der Waals surface area contributed by atoms with Gasteiger partial charge in [-0.15, -0.1) is 13.2 Å². The highest BCUT2D eigenvalue weighted by Gasteiger charge is 2.31.